The van der Waals surface area contributed by atoms with Crippen LogP contribution in [0.15, 0.2) is 54.7 Å². The Balaban J connectivity index is 2.35. The molecule has 0 unspecified atom stereocenters. The average Bonchev–Trinajstić information content (AvgIpc) is 2.68. The largest absolute Gasteiger partial charge is 0.397 e. The number of para-hydroxylation sites is 3. The van der Waals surface area contributed by atoms with E-state index in [1.54, 1.807) is 0 Å². The predicted octanol–water partition coefficient (Wildman–Crippen LogP) is 3.52. The smallest absolute Gasteiger partial charge is 0.0685 e. The van der Waals surface area contributed by atoms with Gasteiger partial charge in [0, 0.05) is 11.6 Å². The Kier molecular flexibility index (Phi) is 2.15. The summed E-state index contributed by atoms with van der Waals surface area (Å²) in [5, 5.41) is 1.27. The molecule has 1 aromatic heterocycles. The third-order valence-electron chi connectivity index (χ3n) is 3.11. The number of fused-ring (bicyclic) bond motifs is 1. The van der Waals surface area contributed by atoms with Gasteiger partial charge in [0.2, 0.25) is 0 Å². The van der Waals surface area contributed by atoms with Gasteiger partial charge in [-0.1, -0.05) is 30.3 Å². The molecule has 0 radical (unpaired) electrons. The molecule has 0 bridgehead atoms. The Hall–Kier alpha value is -2.22. The number of benzene rings is 2. The number of anilines is 1. The van der Waals surface area contributed by atoms with Crippen LogP contribution in [0.3, 0.4) is 0 Å². The van der Waals surface area contributed by atoms with E-state index in [0.717, 1.165) is 11.4 Å². The van der Waals surface area contributed by atoms with E-state index in [0.29, 0.717) is 0 Å². The molecule has 3 aromatic rings. The van der Waals surface area contributed by atoms with Gasteiger partial charge >= 0.3 is 0 Å². The van der Waals surface area contributed by atoms with Crippen LogP contribution in [0.25, 0.3) is 16.6 Å². The number of aromatic nitrogens is 1. The Morgan fingerprint density at radius 3 is 2.47 bits per heavy atom. The average molecular weight is 222 g/mol. The van der Waals surface area contributed by atoms with E-state index in [1.165, 1.54) is 16.5 Å². The predicted molar refractivity (Wildman–Crippen MR) is 72.4 cm³/mol. The molecule has 1 heterocycles. The number of nitrogens with two attached hydrogens (primary N) is 1. The topological polar surface area (TPSA) is 30.9 Å². The first-order valence-corrected chi connectivity index (χ1v) is 5.69. The lowest BCUT2D eigenvalue weighted by Crippen LogP contribution is -1.97. The van der Waals surface area contributed by atoms with Gasteiger partial charge in [-0.3, -0.25) is 0 Å². The normalized spacial score (nSPS) is 10.9. The van der Waals surface area contributed by atoms with Gasteiger partial charge < -0.3 is 10.3 Å². The molecular formula is C15H14N2. The Labute approximate surface area is 100 Å². The lowest BCUT2D eigenvalue weighted by molar-refractivity contribution is 1.12. The van der Waals surface area contributed by atoms with Crippen molar-refractivity contribution in [3.63, 3.8) is 0 Å². The molecule has 2 N–H and O–H groups in total. The Morgan fingerprint density at radius 1 is 0.941 bits per heavy atom. The summed E-state index contributed by atoms with van der Waals surface area (Å²) in [7, 11) is 0. The van der Waals surface area contributed by atoms with Gasteiger partial charge in [-0.25, -0.2) is 0 Å². The highest BCUT2D eigenvalue weighted by Gasteiger charge is 2.07. The number of rotatable bonds is 1. The molecule has 0 spiro atoms. The third kappa shape index (κ3) is 1.49. The molecule has 2 nitrogen and oxygen atoms in total. The van der Waals surface area contributed by atoms with Crippen LogP contribution in [0.5, 0.6) is 0 Å². The summed E-state index contributed by atoms with van der Waals surface area (Å²) in [5.74, 6) is 0. The fraction of sp³-hybridized carbons (Fsp3) is 0.0667. The third-order valence-corrected chi connectivity index (χ3v) is 3.11. The van der Waals surface area contributed by atoms with Crippen LogP contribution >= 0.6 is 0 Å². The van der Waals surface area contributed by atoms with Crippen molar-refractivity contribution in [3.8, 4) is 5.69 Å². The van der Waals surface area contributed by atoms with Crippen LogP contribution in [0.2, 0.25) is 0 Å². The van der Waals surface area contributed by atoms with Crippen LogP contribution in [0.1, 0.15) is 5.56 Å². The first kappa shape index (κ1) is 9.97. The molecule has 0 amide bonds. The van der Waals surface area contributed by atoms with Crippen molar-refractivity contribution in [3.05, 3.63) is 60.3 Å². The van der Waals surface area contributed by atoms with E-state index < -0.39 is 0 Å². The molecule has 2 heteroatoms. The zero-order valence-electron chi connectivity index (χ0n) is 9.72. The number of nitrogen functional groups attached to an aromatic ring is 1. The highest BCUT2D eigenvalue weighted by Crippen LogP contribution is 2.26. The number of hydrogen-bond donors (Lipinski definition) is 1. The second-order valence-corrected chi connectivity index (χ2v) is 4.26. The second-order valence-electron chi connectivity index (χ2n) is 4.26. The summed E-state index contributed by atoms with van der Waals surface area (Å²) < 4.78 is 2.15. The maximum absolute atomic E-state index is 6.03. The number of hydrogen-bond acceptors (Lipinski definition) is 1. The zero-order chi connectivity index (χ0) is 11.8. The van der Waals surface area contributed by atoms with Crippen LogP contribution in [-0.4, -0.2) is 4.57 Å². The minimum absolute atomic E-state index is 0.799. The van der Waals surface area contributed by atoms with E-state index in [1.807, 2.05) is 24.3 Å². The maximum atomic E-state index is 6.03. The molecule has 0 atom stereocenters. The first-order chi connectivity index (χ1) is 8.27. The van der Waals surface area contributed by atoms with E-state index in [9.17, 15) is 0 Å². The molecule has 0 aliphatic heterocycles. The van der Waals surface area contributed by atoms with Gasteiger partial charge in [-0.2, -0.15) is 0 Å². The zero-order valence-corrected chi connectivity index (χ0v) is 9.72. The molecule has 3 rings (SSSR count). The van der Waals surface area contributed by atoms with Crippen molar-refractivity contribution in [2.45, 2.75) is 6.92 Å². The van der Waals surface area contributed by atoms with Crippen molar-refractivity contribution in [1.82, 2.24) is 4.57 Å². The van der Waals surface area contributed by atoms with E-state index in [4.69, 9.17) is 5.73 Å². The molecule has 84 valence electrons. The fourth-order valence-electron chi connectivity index (χ4n) is 2.26. The summed E-state index contributed by atoms with van der Waals surface area (Å²) >= 11 is 0. The minimum Gasteiger partial charge on any atom is -0.397 e. The summed E-state index contributed by atoms with van der Waals surface area (Å²) in [4.78, 5) is 0. The van der Waals surface area contributed by atoms with E-state index in [-0.39, 0.29) is 0 Å². The Bertz CT molecular complexity index is 680. The standard InChI is InChI=1S/C15H14N2/c1-11-10-17(14-8-4-2-6-12(11)14)15-9-5-3-7-13(15)16/h2-10H,16H2,1H3. The first-order valence-electron chi connectivity index (χ1n) is 5.69. The minimum atomic E-state index is 0.799. The maximum Gasteiger partial charge on any atom is 0.0685 e. The van der Waals surface area contributed by atoms with Gasteiger partial charge in [0.05, 0.1) is 16.9 Å². The van der Waals surface area contributed by atoms with Crippen LogP contribution in [-0.2, 0) is 0 Å². The van der Waals surface area contributed by atoms with Gasteiger partial charge in [0.25, 0.3) is 0 Å². The van der Waals surface area contributed by atoms with Crippen LogP contribution in [0.4, 0.5) is 5.69 Å². The summed E-state index contributed by atoms with van der Waals surface area (Å²) in [6.07, 6.45) is 2.14. The second kappa shape index (κ2) is 3.67. The van der Waals surface area contributed by atoms with Crippen molar-refractivity contribution < 1.29 is 0 Å². The van der Waals surface area contributed by atoms with Crippen molar-refractivity contribution in [1.29, 1.82) is 0 Å². The highest BCUT2D eigenvalue weighted by atomic mass is 15.0. The van der Waals surface area contributed by atoms with Crippen molar-refractivity contribution >= 4 is 16.6 Å². The van der Waals surface area contributed by atoms with E-state index >= 15 is 0 Å². The molecule has 17 heavy (non-hydrogen) atoms. The van der Waals surface area contributed by atoms with Crippen LogP contribution < -0.4 is 5.73 Å². The molecule has 2 aromatic carbocycles. The number of aryl methyl sites for hydroxylation is 1. The summed E-state index contributed by atoms with van der Waals surface area (Å²) in [5.41, 5.74) is 10.3. The van der Waals surface area contributed by atoms with Crippen molar-refractivity contribution in [2.24, 2.45) is 0 Å². The SMILES string of the molecule is Cc1cn(-c2ccccc2N)c2ccccc12. The summed E-state index contributed by atoms with van der Waals surface area (Å²) in [6, 6.07) is 16.3. The van der Waals surface area contributed by atoms with Gasteiger partial charge in [-0.15, -0.1) is 0 Å². The van der Waals surface area contributed by atoms with Gasteiger partial charge in [0.1, 0.15) is 0 Å². The van der Waals surface area contributed by atoms with E-state index in [2.05, 4.69) is 42.0 Å². The number of nitrogens with zero attached hydrogens (tertiary/aromatic N) is 1. The highest BCUT2D eigenvalue weighted by molar-refractivity contribution is 5.86. The monoisotopic (exact) mass is 222 g/mol. The molecule has 0 fully saturated rings. The lowest BCUT2D eigenvalue weighted by Gasteiger charge is -2.08. The molecule has 0 saturated carbocycles. The molecule has 0 saturated heterocycles. The molecular weight excluding hydrogens is 208 g/mol. The fourth-order valence-corrected chi connectivity index (χ4v) is 2.26. The van der Waals surface area contributed by atoms with Crippen molar-refractivity contribution in [2.75, 3.05) is 5.73 Å². The molecule has 0 aliphatic rings. The summed E-state index contributed by atoms with van der Waals surface area (Å²) in [6.45, 7) is 2.12. The van der Waals surface area contributed by atoms with Gasteiger partial charge in [-0.05, 0) is 30.7 Å². The lowest BCUT2D eigenvalue weighted by atomic mass is 10.2. The van der Waals surface area contributed by atoms with Gasteiger partial charge in [0.15, 0.2) is 0 Å². The quantitative estimate of drug-likeness (QED) is 0.627. The molecule has 0 aliphatic carbocycles. The van der Waals surface area contributed by atoms with Crippen LogP contribution in [0, 0.1) is 6.92 Å². The Morgan fingerprint density at radius 2 is 1.65 bits per heavy atom.